The molecule has 3 aromatic rings. The number of H-pyrrole nitrogens is 1. The fraction of sp³-hybridized carbons (Fsp3) is 0.350. The molecule has 1 N–H and O–H groups in total. The molecule has 0 unspecified atom stereocenters. The Morgan fingerprint density at radius 1 is 1.24 bits per heavy atom. The average molecular weight is 413 g/mol. The molecule has 1 amide bonds. The number of halogens is 1. The van der Waals surface area contributed by atoms with E-state index in [1.54, 1.807) is 42.3 Å². The lowest BCUT2D eigenvalue weighted by Crippen LogP contribution is -2.39. The van der Waals surface area contributed by atoms with Crippen molar-refractivity contribution in [1.29, 1.82) is 0 Å². The fourth-order valence-corrected chi connectivity index (χ4v) is 3.97. The minimum atomic E-state index is -0.354. The highest BCUT2D eigenvalue weighted by molar-refractivity contribution is 6.31. The number of aromatic nitrogens is 5. The van der Waals surface area contributed by atoms with Crippen molar-refractivity contribution in [3.63, 3.8) is 0 Å². The van der Waals surface area contributed by atoms with Gasteiger partial charge in [0.2, 0.25) is 0 Å². The average Bonchev–Trinajstić information content (AvgIpc) is 3.08. The number of nitrogens with zero attached hydrogens (tertiary/aromatic N) is 5. The molecular formula is C20H21ClN6O2. The molecule has 0 bridgehead atoms. The van der Waals surface area contributed by atoms with Gasteiger partial charge in [-0.1, -0.05) is 11.6 Å². The Kier molecular flexibility index (Phi) is 5.19. The largest absolute Gasteiger partial charge is 0.337 e. The van der Waals surface area contributed by atoms with E-state index in [0.717, 1.165) is 11.3 Å². The van der Waals surface area contributed by atoms with Crippen LogP contribution in [-0.2, 0) is 7.05 Å². The lowest BCUT2D eigenvalue weighted by molar-refractivity contribution is 0.0701. The number of carbonyl (C=O) groups is 1. The summed E-state index contributed by atoms with van der Waals surface area (Å²) < 4.78 is 1.61. The van der Waals surface area contributed by atoms with Crippen molar-refractivity contribution < 1.29 is 4.79 Å². The third-order valence-corrected chi connectivity index (χ3v) is 5.60. The van der Waals surface area contributed by atoms with Gasteiger partial charge in [0.1, 0.15) is 16.5 Å². The molecule has 0 atom stereocenters. The van der Waals surface area contributed by atoms with E-state index in [1.165, 1.54) is 0 Å². The smallest absolute Gasteiger partial charge is 0.272 e. The van der Waals surface area contributed by atoms with Gasteiger partial charge in [0.05, 0.1) is 11.4 Å². The molecule has 0 aromatic carbocycles. The van der Waals surface area contributed by atoms with Gasteiger partial charge >= 0.3 is 0 Å². The summed E-state index contributed by atoms with van der Waals surface area (Å²) in [5.74, 6) is 0.456. The predicted octanol–water partition coefficient (Wildman–Crippen LogP) is 2.55. The van der Waals surface area contributed by atoms with Gasteiger partial charge in [-0.05, 0) is 38.0 Å². The molecule has 3 aromatic heterocycles. The molecular weight excluding hydrogens is 392 g/mol. The molecule has 1 fully saturated rings. The zero-order valence-corrected chi connectivity index (χ0v) is 17.0. The molecule has 4 rings (SSSR count). The van der Waals surface area contributed by atoms with Crippen LogP contribution in [0.1, 0.15) is 40.6 Å². The highest BCUT2D eigenvalue weighted by Gasteiger charge is 2.29. The molecule has 150 valence electrons. The van der Waals surface area contributed by atoms with Crippen molar-refractivity contribution in [3.8, 4) is 11.4 Å². The van der Waals surface area contributed by atoms with E-state index in [1.807, 2.05) is 11.8 Å². The van der Waals surface area contributed by atoms with E-state index in [2.05, 4.69) is 20.1 Å². The van der Waals surface area contributed by atoms with Gasteiger partial charge in [-0.3, -0.25) is 19.3 Å². The number of pyridine rings is 1. The van der Waals surface area contributed by atoms with Gasteiger partial charge in [0.25, 0.3) is 11.5 Å². The number of rotatable bonds is 3. The summed E-state index contributed by atoms with van der Waals surface area (Å²) in [6.45, 7) is 3.01. The third kappa shape index (κ3) is 3.80. The van der Waals surface area contributed by atoms with Crippen LogP contribution in [-0.4, -0.2) is 48.6 Å². The summed E-state index contributed by atoms with van der Waals surface area (Å²) in [4.78, 5) is 38.3. The number of piperidine rings is 1. The summed E-state index contributed by atoms with van der Waals surface area (Å²) in [7, 11) is 1.77. The maximum absolute atomic E-state index is 12.8. The number of amides is 1. The Morgan fingerprint density at radius 2 is 1.93 bits per heavy atom. The van der Waals surface area contributed by atoms with Crippen LogP contribution in [0.15, 0.2) is 35.4 Å². The van der Waals surface area contributed by atoms with Crippen LogP contribution < -0.4 is 5.56 Å². The van der Waals surface area contributed by atoms with Crippen LogP contribution in [0.5, 0.6) is 0 Å². The summed E-state index contributed by atoms with van der Waals surface area (Å²) in [5.41, 5.74) is 2.40. The summed E-state index contributed by atoms with van der Waals surface area (Å²) in [5, 5.41) is 4.37. The summed E-state index contributed by atoms with van der Waals surface area (Å²) in [6, 6.07) is 5.37. The summed E-state index contributed by atoms with van der Waals surface area (Å²) in [6.07, 6.45) is 4.67. The minimum Gasteiger partial charge on any atom is -0.337 e. The Hall–Kier alpha value is -3.00. The van der Waals surface area contributed by atoms with Gasteiger partial charge in [0.15, 0.2) is 0 Å². The zero-order chi connectivity index (χ0) is 20.5. The van der Waals surface area contributed by atoms with Crippen molar-refractivity contribution in [3.05, 3.63) is 63.1 Å². The molecule has 9 heteroatoms. The van der Waals surface area contributed by atoms with Crippen LogP contribution in [0, 0.1) is 6.92 Å². The van der Waals surface area contributed by atoms with Crippen LogP contribution in [0.2, 0.25) is 5.02 Å². The second kappa shape index (κ2) is 7.79. The molecule has 0 saturated carbocycles. The van der Waals surface area contributed by atoms with E-state index in [-0.39, 0.29) is 22.4 Å². The number of likely N-dealkylation sites (tertiary alicyclic amines) is 1. The first kappa shape index (κ1) is 19.3. The minimum absolute atomic E-state index is 0.0164. The normalized spacial score (nSPS) is 14.9. The Labute approximate surface area is 172 Å². The Balaban J connectivity index is 1.54. The third-order valence-electron chi connectivity index (χ3n) is 5.23. The van der Waals surface area contributed by atoms with E-state index in [0.29, 0.717) is 43.1 Å². The summed E-state index contributed by atoms with van der Waals surface area (Å²) >= 11 is 6.29. The topological polar surface area (TPSA) is 96.8 Å². The quantitative estimate of drug-likeness (QED) is 0.713. The van der Waals surface area contributed by atoms with Gasteiger partial charge in [-0.2, -0.15) is 5.10 Å². The van der Waals surface area contributed by atoms with Crippen molar-refractivity contribution in [2.75, 3.05) is 13.1 Å². The monoisotopic (exact) mass is 412 g/mol. The first-order valence-electron chi connectivity index (χ1n) is 9.44. The number of hydrogen-bond donors (Lipinski definition) is 1. The maximum atomic E-state index is 12.8. The van der Waals surface area contributed by atoms with Crippen molar-refractivity contribution in [1.82, 2.24) is 29.6 Å². The van der Waals surface area contributed by atoms with Gasteiger partial charge in [-0.25, -0.2) is 4.98 Å². The second-order valence-electron chi connectivity index (χ2n) is 7.21. The first-order chi connectivity index (χ1) is 13.9. The van der Waals surface area contributed by atoms with Gasteiger partial charge in [0, 0.05) is 44.0 Å². The van der Waals surface area contributed by atoms with E-state index in [9.17, 15) is 9.59 Å². The van der Waals surface area contributed by atoms with Crippen molar-refractivity contribution >= 4 is 17.5 Å². The second-order valence-corrected chi connectivity index (χ2v) is 7.59. The number of carbonyl (C=O) groups excluding carboxylic acids is 1. The van der Waals surface area contributed by atoms with E-state index in [4.69, 9.17) is 11.6 Å². The van der Waals surface area contributed by atoms with Gasteiger partial charge in [-0.15, -0.1) is 0 Å². The number of aromatic amines is 1. The highest BCUT2D eigenvalue weighted by Crippen LogP contribution is 2.31. The van der Waals surface area contributed by atoms with Crippen molar-refractivity contribution in [2.45, 2.75) is 25.7 Å². The number of nitrogens with one attached hydrogen (secondary N) is 1. The molecule has 1 aliphatic heterocycles. The molecule has 4 heterocycles. The molecule has 29 heavy (non-hydrogen) atoms. The maximum Gasteiger partial charge on any atom is 0.272 e. The zero-order valence-electron chi connectivity index (χ0n) is 16.2. The SMILES string of the molecule is Cc1cc(C(=O)N2CCC(c3nc(-c4ccncc4)[nH]c(=O)c3Cl)CC2)n(C)n1. The van der Waals surface area contributed by atoms with E-state index < -0.39 is 0 Å². The number of aryl methyl sites for hydroxylation is 2. The van der Waals surface area contributed by atoms with Crippen molar-refractivity contribution in [2.24, 2.45) is 7.05 Å². The Morgan fingerprint density at radius 3 is 2.55 bits per heavy atom. The molecule has 0 spiro atoms. The van der Waals surface area contributed by atoms with Crippen LogP contribution in [0.3, 0.4) is 0 Å². The lowest BCUT2D eigenvalue weighted by Gasteiger charge is -2.32. The fourth-order valence-electron chi connectivity index (χ4n) is 3.72. The van der Waals surface area contributed by atoms with E-state index >= 15 is 0 Å². The Bertz CT molecular complexity index is 1100. The molecule has 8 nitrogen and oxygen atoms in total. The molecule has 0 aliphatic carbocycles. The number of hydrogen-bond acceptors (Lipinski definition) is 5. The molecule has 1 saturated heterocycles. The van der Waals surface area contributed by atoms with Crippen LogP contribution >= 0.6 is 11.6 Å². The predicted molar refractivity (Wildman–Crippen MR) is 109 cm³/mol. The molecule has 1 aliphatic rings. The van der Waals surface area contributed by atoms with Gasteiger partial charge < -0.3 is 9.88 Å². The van der Waals surface area contributed by atoms with Crippen LogP contribution in [0.4, 0.5) is 0 Å². The lowest BCUT2D eigenvalue weighted by atomic mass is 9.93. The standard InChI is InChI=1S/C20H21ClN6O2/c1-12-11-15(26(2)25-12)20(29)27-9-5-13(6-10-27)17-16(21)19(28)24-18(23-17)14-3-7-22-8-4-14/h3-4,7-8,11,13H,5-6,9-10H2,1-2H3,(H,23,24,28). The highest BCUT2D eigenvalue weighted by atomic mass is 35.5. The first-order valence-corrected chi connectivity index (χ1v) is 9.82. The molecule has 0 radical (unpaired) electrons. The van der Waals surface area contributed by atoms with Crippen LogP contribution in [0.25, 0.3) is 11.4 Å².